The SMILES string of the molecule is C[C@@H](O)c1cc(Br)ccc1OCC1CCOC1. The molecule has 1 fully saturated rings. The molecule has 0 bridgehead atoms. The maximum atomic E-state index is 9.70. The van der Waals surface area contributed by atoms with Gasteiger partial charge in [-0.15, -0.1) is 0 Å². The van der Waals surface area contributed by atoms with Crippen LogP contribution in [0.3, 0.4) is 0 Å². The molecule has 0 amide bonds. The predicted octanol–water partition coefficient (Wildman–Crippen LogP) is 2.92. The molecule has 2 atom stereocenters. The van der Waals surface area contributed by atoms with E-state index >= 15 is 0 Å². The summed E-state index contributed by atoms with van der Waals surface area (Å²) in [5.41, 5.74) is 0.818. The molecular weight excluding hydrogens is 284 g/mol. The van der Waals surface area contributed by atoms with Crippen LogP contribution in [-0.2, 0) is 4.74 Å². The van der Waals surface area contributed by atoms with Crippen molar-refractivity contribution in [2.75, 3.05) is 19.8 Å². The van der Waals surface area contributed by atoms with E-state index in [1.54, 1.807) is 6.92 Å². The van der Waals surface area contributed by atoms with Crippen LogP contribution in [0, 0.1) is 5.92 Å². The van der Waals surface area contributed by atoms with Crippen molar-refractivity contribution in [3.63, 3.8) is 0 Å². The fraction of sp³-hybridized carbons (Fsp3) is 0.538. The van der Waals surface area contributed by atoms with Crippen molar-refractivity contribution in [3.8, 4) is 5.75 Å². The van der Waals surface area contributed by atoms with Gasteiger partial charge in [0, 0.05) is 22.6 Å². The second kappa shape index (κ2) is 5.85. The Hall–Kier alpha value is -0.580. The van der Waals surface area contributed by atoms with Gasteiger partial charge in [-0.05, 0) is 31.5 Å². The number of hydrogen-bond acceptors (Lipinski definition) is 3. The van der Waals surface area contributed by atoms with Crippen molar-refractivity contribution in [3.05, 3.63) is 28.2 Å². The van der Waals surface area contributed by atoms with Gasteiger partial charge in [-0.3, -0.25) is 0 Å². The molecule has 0 radical (unpaired) electrons. The van der Waals surface area contributed by atoms with Gasteiger partial charge in [-0.1, -0.05) is 15.9 Å². The summed E-state index contributed by atoms with van der Waals surface area (Å²) < 4.78 is 12.0. The molecule has 1 aliphatic rings. The summed E-state index contributed by atoms with van der Waals surface area (Å²) in [7, 11) is 0. The maximum absolute atomic E-state index is 9.70. The minimum absolute atomic E-state index is 0.473. The van der Waals surface area contributed by atoms with Gasteiger partial charge in [0.05, 0.1) is 19.3 Å². The molecule has 94 valence electrons. The van der Waals surface area contributed by atoms with E-state index in [4.69, 9.17) is 9.47 Å². The Labute approximate surface area is 110 Å². The average molecular weight is 301 g/mol. The highest BCUT2D eigenvalue weighted by atomic mass is 79.9. The molecule has 1 aliphatic heterocycles. The zero-order chi connectivity index (χ0) is 12.3. The van der Waals surface area contributed by atoms with Crippen LogP contribution < -0.4 is 4.74 Å². The standard InChI is InChI=1S/C13H17BrO3/c1-9(15)12-6-11(14)2-3-13(12)17-8-10-4-5-16-7-10/h2-3,6,9-10,15H,4-5,7-8H2,1H3/t9-,10?/m1/s1. The quantitative estimate of drug-likeness (QED) is 0.929. The Bertz CT molecular complexity index is 373. The number of aliphatic hydroxyl groups is 1. The van der Waals surface area contributed by atoms with Gasteiger partial charge in [0.25, 0.3) is 0 Å². The highest BCUT2D eigenvalue weighted by Gasteiger charge is 2.17. The molecule has 2 rings (SSSR count). The van der Waals surface area contributed by atoms with Crippen molar-refractivity contribution in [1.82, 2.24) is 0 Å². The van der Waals surface area contributed by atoms with E-state index in [9.17, 15) is 5.11 Å². The number of halogens is 1. The Morgan fingerprint density at radius 1 is 1.59 bits per heavy atom. The molecule has 0 saturated carbocycles. The third kappa shape index (κ3) is 3.44. The highest BCUT2D eigenvalue weighted by molar-refractivity contribution is 9.10. The molecule has 1 unspecified atom stereocenters. The van der Waals surface area contributed by atoms with E-state index < -0.39 is 6.10 Å². The summed E-state index contributed by atoms with van der Waals surface area (Å²) in [5.74, 6) is 1.23. The molecule has 1 saturated heterocycles. The van der Waals surface area contributed by atoms with Gasteiger partial charge >= 0.3 is 0 Å². The van der Waals surface area contributed by atoms with Crippen LogP contribution in [0.4, 0.5) is 0 Å². The van der Waals surface area contributed by atoms with E-state index in [1.807, 2.05) is 18.2 Å². The molecule has 1 heterocycles. The first-order chi connectivity index (χ1) is 8.16. The molecule has 1 aromatic carbocycles. The van der Waals surface area contributed by atoms with Crippen molar-refractivity contribution in [2.45, 2.75) is 19.4 Å². The number of rotatable bonds is 4. The van der Waals surface area contributed by atoms with Gasteiger partial charge in [-0.25, -0.2) is 0 Å². The van der Waals surface area contributed by atoms with E-state index in [0.29, 0.717) is 12.5 Å². The van der Waals surface area contributed by atoms with Crippen molar-refractivity contribution >= 4 is 15.9 Å². The first-order valence-electron chi connectivity index (χ1n) is 5.85. The third-order valence-corrected chi connectivity index (χ3v) is 3.41. The summed E-state index contributed by atoms with van der Waals surface area (Å²) in [6.45, 7) is 4.01. The highest BCUT2D eigenvalue weighted by Crippen LogP contribution is 2.29. The second-order valence-corrected chi connectivity index (χ2v) is 5.31. The van der Waals surface area contributed by atoms with E-state index in [-0.39, 0.29) is 0 Å². The number of hydrogen-bond donors (Lipinski definition) is 1. The topological polar surface area (TPSA) is 38.7 Å². The molecule has 3 nitrogen and oxygen atoms in total. The summed E-state index contributed by atoms with van der Waals surface area (Å²) in [6, 6.07) is 5.71. The largest absolute Gasteiger partial charge is 0.493 e. The molecule has 0 aliphatic carbocycles. The lowest BCUT2D eigenvalue weighted by Gasteiger charge is -2.15. The van der Waals surface area contributed by atoms with Gasteiger partial charge in [0.2, 0.25) is 0 Å². The number of aliphatic hydroxyl groups excluding tert-OH is 1. The van der Waals surface area contributed by atoms with Crippen LogP contribution in [0.2, 0.25) is 0 Å². The van der Waals surface area contributed by atoms with E-state index in [1.165, 1.54) is 0 Å². The minimum Gasteiger partial charge on any atom is -0.493 e. The monoisotopic (exact) mass is 300 g/mol. The van der Waals surface area contributed by atoms with Crippen LogP contribution in [0.25, 0.3) is 0 Å². The fourth-order valence-corrected chi connectivity index (χ4v) is 2.28. The molecule has 4 heteroatoms. The van der Waals surface area contributed by atoms with E-state index in [0.717, 1.165) is 35.4 Å². The fourth-order valence-electron chi connectivity index (χ4n) is 1.90. The Kier molecular flexibility index (Phi) is 4.42. The molecular formula is C13H17BrO3. The van der Waals surface area contributed by atoms with Crippen LogP contribution in [0.5, 0.6) is 5.75 Å². The van der Waals surface area contributed by atoms with Gasteiger partial charge < -0.3 is 14.6 Å². The predicted molar refractivity (Wildman–Crippen MR) is 69.2 cm³/mol. The van der Waals surface area contributed by atoms with E-state index in [2.05, 4.69) is 15.9 Å². The van der Waals surface area contributed by atoms with Crippen molar-refractivity contribution < 1.29 is 14.6 Å². The van der Waals surface area contributed by atoms with Gasteiger partial charge in [0.1, 0.15) is 5.75 Å². The van der Waals surface area contributed by atoms with Crippen LogP contribution >= 0.6 is 15.9 Å². The maximum Gasteiger partial charge on any atom is 0.125 e. The zero-order valence-electron chi connectivity index (χ0n) is 9.86. The zero-order valence-corrected chi connectivity index (χ0v) is 11.4. The molecule has 0 spiro atoms. The Balaban J connectivity index is 2.03. The van der Waals surface area contributed by atoms with Gasteiger partial charge in [-0.2, -0.15) is 0 Å². The summed E-state index contributed by atoms with van der Waals surface area (Å²) >= 11 is 3.40. The Morgan fingerprint density at radius 2 is 2.41 bits per heavy atom. The lowest BCUT2D eigenvalue weighted by molar-refractivity contribution is 0.162. The first kappa shape index (κ1) is 12.9. The van der Waals surface area contributed by atoms with Crippen molar-refractivity contribution in [2.24, 2.45) is 5.92 Å². The third-order valence-electron chi connectivity index (χ3n) is 2.92. The molecule has 1 aromatic rings. The normalized spacial score (nSPS) is 21.5. The first-order valence-corrected chi connectivity index (χ1v) is 6.64. The van der Waals surface area contributed by atoms with Crippen molar-refractivity contribution in [1.29, 1.82) is 0 Å². The second-order valence-electron chi connectivity index (χ2n) is 4.40. The number of benzene rings is 1. The molecule has 1 N–H and O–H groups in total. The lowest BCUT2D eigenvalue weighted by atomic mass is 10.1. The number of ether oxygens (including phenoxy) is 2. The minimum atomic E-state index is -0.526. The van der Waals surface area contributed by atoms with Crippen LogP contribution in [-0.4, -0.2) is 24.9 Å². The summed E-state index contributed by atoms with van der Waals surface area (Å²) in [5, 5.41) is 9.70. The lowest BCUT2D eigenvalue weighted by Crippen LogP contribution is -2.12. The molecule has 17 heavy (non-hydrogen) atoms. The Morgan fingerprint density at radius 3 is 3.06 bits per heavy atom. The van der Waals surface area contributed by atoms with Gasteiger partial charge in [0.15, 0.2) is 0 Å². The average Bonchev–Trinajstić information content (AvgIpc) is 2.80. The summed E-state index contributed by atoms with van der Waals surface area (Å²) in [6.07, 6.45) is 0.530. The van der Waals surface area contributed by atoms with Crippen LogP contribution in [0.1, 0.15) is 25.0 Å². The molecule has 0 aromatic heterocycles. The summed E-state index contributed by atoms with van der Waals surface area (Å²) in [4.78, 5) is 0. The smallest absolute Gasteiger partial charge is 0.125 e. The van der Waals surface area contributed by atoms with Crippen LogP contribution in [0.15, 0.2) is 22.7 Å².